The van der Waals surface area contributed by atoms with Crippen molar-refractivity contribution in [3.05, 3.63) is 0 Å². The number of halogens is 3. The molecule has 0 atom stereocenters. The first-order chi connectivity index (χ1) is 6.35. The molecule has 0 amide bonds. The zero-order valence-electron chi connectivity index (χ0n) is 12.5. The Morgan fingerprint density at radius 1 is 0.667 bits per heavy atom. The maximum Gasteiger partial charge on any atom is 1.00 e. The van der Waals surface area contributed by atoms with Gasteiger partial charge in [-0.2, -0.15) is 0 Å². The maximum atomic E-state index is 2.31. The van der Waals surface area contributed by atoms with Crippen LogP contribution in [0.25, 0.3) is 0 Å². The molecule has 0 fully saturated rings. The SMILES string of the molecule is Br.Br.CCCCP(CCCC)CCCC.O.[Br-].[Li+]. The summed E-state index contributed by atoms with van der Waals surface area (Å²) >= 11 is 0. The molecule has 0 aliphatic heterocycles. The molecule has 18 heavy (non-hydrogen) atoms. The molecule has 0 aromatic carbocycles. The summed E-state index contributed by atoms with van der Waals surface area (Å²) in [6.07, 6.45) is 13.2. The van der Waals surface area contributed by atoms with E-state index < -0.39 is 0 Å². The maximum absolute atomic E-state index is 2.31. The summed E-state index contributed by atoms with van der Waals surface area (Å²) in [6.45, 7) is 6.94. The second-order valence-corrected chi connectivity index (χ2v) is 6.59. The predicted octanol–water partition coefficient (Wildman–Crippen LogP) is -0.792. The van der Waals surface area contributed by atoms with E-state index in [1.165, 1.54) is 38.5 Å². The minimum absolute atomic E-state index is 0. The molecule has 0 unspecified atom stereocenters. The molecule has 0 aliphatic carbocycles. The molecule has 0 saturated heterocycles. The van der Waals surface area contributed by atoms with Crippen LogP contribution in [0.3, 0.4) is 0 Å². The van der Waals surface area contributed by atoms with Crippen molar-refractivity contribution in [2.24, 2.45) is 0 Å². The van der Waals surface area contributed by atoms with Crippen LogP contribution in [0.1, 0.15) is 59.3 Å². The number of rotatable bonds is 9. The molecule has 0 rings (SSSR count). The van der Waals surface area contributed by atoms with E-state index in [1.54, 1.807) is 18.5 Å². The Hall–Kier alpha value is 2.43. The van der Waals surface area contributed by atoms with Crippen LogP contribution >= 0.6 is 41.9 Å². The molecule has 0 bridgehead atoms. The van der Waals surface area contributed by atoms with Gasteiger partial charge in [0.25, 0.3) is 0 Å². The van der Waals surface area contributed by atoms with Crippen LogP contribution in [0.4, 0.5) is 0 Å². The number of unbranched alkanes of at least 4 members (excludes halogenated alkanes) is 3. The molecule has 1 nitrogen and oxygen atoms in total. The largest absolute Gasteiger partial charge is 1.00 e. The molecule has 0 aromatic heterocycles. The third kappa shape index (κ3) is 26.9. The van der Waals surface area contributed by atoms with E-state index in [-0.39, 0.29) is 75.3 Å². The molecule has 2 N–H and O–H groups in total. The van der Waals surface area contributed by atoms with E-state index in [9.17, 15) is 0 Å². The number of hydrogen-bond donors (Lipinski definition) is 0. The Kier molecular flexibility index (Phi) is 65.2. The van der Waals surface area contributed by atoms with Gasteiger partial charge < -0.3 is 22.5 Å². The predicted molar refractivity (Wildman–Crippen MR) is 90.5 cm³/mol. The van der Waals surface area contributed by atoms with Crippen LogP contribution in [0.2, 0.25) is 0 Å². The van der Waals surface area contributed by atoms with Crippen LogP contribution in [0.5, 0.6) is 0 Å². The van der Waals surface area contributed by atoms with Gasteiger partial charge in [0.2, 0.25) is 0 Å². The van der Waals surface area contributed by atoms with Gasteiger partial charge in [0.15, 0.2) is 0 Å². The second kappa shape index (κ2) is 31.7. The zero-order chi connectivity index (χ0) is 9.94. The Bertz CT molecular complexity index is 94.3. The van der Waals surface area contributed by atoms with Crippen molar-refractivity contribution in [1.29, 1.82) is 0 Å². The number of hydrogen-bond acceptors (Lipinski definition) is 0. The van der Waals surface area contributed by atoms with Gasteiger partial charge in [0.05, 0.1) is 0 Å². The van der Waals surface area contributed by atoms with Gasteiger partial charge in [0.1, 0.15) is 0 Å². The zero-order valence-corrected chi connectivity index (χ0v) is 18.4. The van der Waals surface area contributed by atoms with Gasteiger partial charge in [-0.05, 0) is 37.7 Å². The molecule has 0 heterocycles. The van der Waals surface area contributed by atoms with E-state index in [0.29, 0.717) is 7.92 Å². The van der Waals surface area contributed by atoms with Crippen molar-refractivity contribution in [3.8, 4) is 0 Å². The van der Waals surface area contributed by atoms with Crippen molar-refractivity contribution in [1.82, 2.24) is 0 Å². The van der Waals surface area contributed by atoms with Gasteiger partial charge in [-0.15, -0.1) is 41.9 Å². The summed E-state index contributed by atoms with van der Waals surface area (Å²) in [7, 11) is 0.422. The quantitative estimate of drug-likeness (QED) is 0.314. The average molecular weight is 469 g/mol. The van der Waals surface area contributed by atoms with Gasteiger partial charge in [-0.25, -0.2) is 0 Å². The van der Waals surface area contributed by atoms with Crippen LogP contribution < -0.4 is 35.8 Å². The average Bonchev–Trinajstić information content (AvgIpc) is 2.17. The molecule has 0 spiro atoms. The first-order valence-corrected chi connectivity index (χ1v) is 7.97. The minimum atomic E-state index is 0. The minimum Gasteiger partial charge on any atom is -1.00 e. The molecule has 112 valence electrons. The molecule has 6 heteroatoms. The summed E-state index contributed by atoms with van der Waals surface area (Å²) in [5, 5.41) is 0. The van der Waals surface area contributed by atoms with E-state index >= 15 is 0 Å². The van der Waals surface area contributed by atoms with E-state index in [0.717, 1.165) is 0 Å². The fourth-order valence-corrected chi connectivity index (χ4v) is 4.44. The van der Waals surface area contributed by atoms with Crippen molar-refractivity contribution in [2.45, 2.75) is 59.3 Å². The van der Waals surface area contributed by atoms with Crippen molar-refractivity contribution in [3.63, 3.8) is 0 Å². The van der Waals surface area contributed by atoms with Crippen LogP contribution in [-0.4, -0.2) is 24.0 Å². The summed E-state index contributed by atoms with van der Waals surface area (Å²) in [5.41, 5.74) is 0. The fraction of sp³-hybridized carbons (Fsp3) is 1.00. The molecule has 0 radical (unpaired) electrons. The van der Waals surface area contributed by atoms with Gasteiger partial charge >= 0.3 is 18.9 Å². The van der Waals surface area contributed by atoms with E-state index in [4.69, 9.17) is 0 Å². The Morgan fingerprint density at radius 2 is 0.889 bits per heavy atom. The first kappa shape index (κ1) is 37.0. The van der Waals surface area contributed by atoms with E-state index in [2.05, 4.69) is 20.8 Å². The van der Waals surface area contributed by atoms with Crippen LogP contribution in [-0.2, 0) is 0 Å². The normalized spacial score (nSPS) is 8.00. The first-order valence-electron chi connectivity index (χ1n) is 6.07. The van der Waals surface area contributed by atoms with Gasteiger partial charge in [-0.1, -0.05) is 40.0 Å². The molecular weight excluding hydrogens is 438 g/mol. The Labute approximate surface area is 160 Å². The summed E-state index contributed by atoms with van der Waals surface area (Å²) in [4.78, 5) is 0. The molecule has 0 aromatic rings. The van der Waals surface area contributed by atoms with Crippen LogP contribution in [0.15, 0.2) is 0 Å². The molecule has 0 aliphatic rings. The van der Waals surface area contributed by atoms with Crippen molar-refractivity contribution >= 4 is 41.9 Å². The Morgan fingerprint density at radius 3 is 1.06 bits per heavy atom. The monoisotopic (exact) mass is 466 g/mol. The third-order valence-electron chi connectivity index (χ3n) is 2.48. The molecular formula is C12H31Br3LiOP. The topological polar surface area (TPSA) is 31.5 Å². The summed E-state index contributed by atoms with van der Waals surface area (Å²) < 4.78 is 0. The standard InChI is InChI=1S/C12H27P.3BrH.Li.H2O/c1-4-7-10-13(11-8-5-2)12-9-6-3;;;;;/h4-12H2,1-3H3;3*1H;;1H2/q;;;;+1;/p-1. The molecule has 0 saturated carbocycles. The van der Waals surface area contributed by atoms with Crippen LogP contribution in [0, 0.1) is 0 Å². The smallest absolute Gasteiger partial charge is 1.00 e. The van der Waals surface area contributed by atoms with Crippen molar-refractivity contribution in [2.75, 3.05) is 18.5 Å². The summed E-state index contributed by atoms with van der Waals surface area (Å²) in [5.74, 6) is 0. The Balaban J connectivity index is -0.0000000720. The summed E-state index contributed by atoms with van der Waals surface area (Å²) in [6, 6.07) is 0. The van der Waals surface area contributed by atoms with Gasteiger partial charge in [-0.3, -0.25) is 0 Å². The second-order valence-electron chi connectivity index (χ2n) is 3.90. The van der Waals surface area contributed by atoms with Crippen molar-refractivity contribution < 1.29 is 41.3 Å². The third-order valence-corrected chi connectivity index (χ3v) is 5.33. The van der Waals surface area contributed by atoms with E-state index in [1.807, 2.05) is 0 Å². The fourth-order valence-electron chi connectivity index (χ4n) is 1.48. The van der Waals surface area contributed by atoms with Gasteiger partial charge in [0, 0.05) is 0 Å².